The van der Waals surface area contributed by atoms with Gasteiger partial charge in [0.25, 0.3) is 0 Å². The van der Waals surface area contributed by atoms with Gasteiger partial charge in [0.2, 0.25) is 5.91 Å². The van der Waals surface area contributed by atoms with Crippen molar-refractivity contribution in [3.05, 3.63) is 59.4 Å². The van der Waals surface area contributed by atoms with Crippen LogP contribution in [0, 0.1) is 17.1 Å². The molecule has 9 heteroatoms. The Bertz CT molecular complexity index is 1170. The Kier molecular flexibility index (Phi) is 6.77. The number of benzene rings is 2. The maximum atomic E-state index is 14.7. The zero-order chi connectivity index (χ0) is 22.6. The molecule has 1 aliphatic carbocycles. The highest BCUT2D eigenvalue weighted by atomic mass is 35.5. The van der Waals surface area contributed by atoms with E-state index in [9.17, 15) is 14.4 Å². The molecule has 3 aromatic rings. The van der Waals surface area contributed by atoms with Crippen molar-refractivity contribution in [1.82, 2.24) is 20.1 Å². The lowest BCUT2D eigenvalue weighted by atomic mass is 9.83. The van der Waals surface area contributed by atoms with E-state index in [0.717, 1.165) is 31.0 Å². The van der Waals surface area contributed by atoms with Crippen molar-refractivity contribution in [1.29, 1.82) is 5.26 Å². The van der Waals surface area contributed by atoms with Gasteiger partial charge in [-0.1, -0.05) is 66.9 Å². The Labute approximate surface area is 194 Å². The molecule has 0 saturated heterocycles. The molecule has 0 radical (unpaired) electrons. The lowest BCUT2D eigenvalue weighted by molar-refractivity contribution is -0.120. The SMILES string of the molecule is N#CC1(NC(=O)CSc2nnc(-c3ccccc3Cl)n2-c2ccccc2F)CCCCC1. The third kappa shape index (κ3) is 4.64. The minimum atomic E-state index is -0.808. The van der Waals surface area contributed by atoms with E-state index in [0.29, 0.717) is 34.4 Å². The van der Waals surface area contributed by atoms with Crippen molar-refractivity contribution >= 4 is 29.3 Å². The topological polar surface area (TPSA) is 83.6 Å². The van der Waals surface area contributed by atoms with Crippen LogP contribution in [0.1, 0.15) is 32.1 Å². The second-order valence-electron chi connectivity index (χ2n) is 7.66. The molecule has 0 spiro atoms. The molecule has 4 rings (SSSR count). The van der Waals surface area contributed by atoms with Gasteiger partial charge in [0, 0.05) is 5.56 Å². The highest BCUT2D eigenvalue weighted by molar-refractivity contribution is 7.99. The van der Waals surface area contributed by atoms with Crippen LogP contribution in [0.2, 0.25) is 5.02 Å². The summed E-state index contributed by atoms with van der Waals surface area (Å²) in [6.07, 6.45) is 4.22. The summed E-state index contributed by atoms with van der Waals surface area (Å²) in [4.78, 5) is 12.7. The van der Waals surface area contributed by atoms with Crippen LogP contribution in [0.3, 0.4) is 0 Å². The molecular weight excluding hydrogens is 449 g/mol. The minimum Gasteiger partial charge on any atom is -0.337 e. The van der Waals surface area contributed by atoms with Crippen molar-refractivity contribution in [2.24, 2.45) is 0 Å². The molecule has 1 N–H and O–H groups in total. The largest absolute Gasteiger partial charge is 0.337 e. The van der Waals surface area contributed by atoms with Gasteiger partial charge in [-0.25, -0.2) is 4.39 Å². The molecule has 0 unspecified atom stereocenters. The van der Waals surface area contributed by atoms with E-state index >= 15 is 0 Å². The molecule has 1 aliphatic rings. The quantitative estimate of drug-likeness (QED) is 0.504. The molecule has 0 bridgehead atoms. The number of hydrogen-bond acceptors (Lipinski definition) is 5. The standard InChI is InChI=1S/C23H21ClFN5OS/c24-17-9-3-2-8-16(17)21-28-29-22(30(21)19-11-5-4-10-18(19)25)32-14-20(31)27-23(15-26)12-6-1-7-13-23/h2-5,8-11H,1,6-7,12-14H2,(H,27,31). The number of hydrogen-bond donors (Lipinski definition) is 1. The van der Waals surface area contributed by atoms with Crippen LogP contribution in [0.25, 0.3) is 17.1 Å². The molecule has 0 atom stereocenters. The van der Waals surface area contributed by atoms with Gasteiger partial charge in [-0.2, -0.15) is 5.26 Å². The number of thioether (sulfide) groups is 1. The Balaban J connectivity index is 1.62. The molecule has 164 valence electrons. The predicted octanol–water partition coefficient (Wildman–Crippen LogP) is 5.16. The molecule has 0 aliphatic heterocycles. The van der Waals surface area contributed by atoms with Gasteiger partial charge in [-0.15, -0.1) is 10.2 Å². The number of nitrogens with zero attached hydrogens (tertiary/aromatic N) is 4. The first-order chi connectivity index (χ1) is 15.5. The average Bonchev–Trinajstić information content (AvgIpc) is 3.22. The van der Waals surface area contributed by atoms with E-state index in [1.54, 1.807) is 41.0 Å². The van der Waals surface area contributed by atoms with E-state index in [1.165, 1.54) is 6.07 Å². The highest BCUT2D eigenvalue weighted by Gasteiger charge is 2.33. The fourth-order valence-corrected chi connectivity index (χ4v) is 4.85. The normalized spacial score (nSPS) is 15.2. The van der Waals surface area contributed by atoms with Crippen LogP contribution in [0.4, 0.5) is 4.39 Å². The molecule has 6 nitrogen and oxygen atoms in total. The summed E-state index contributed by atoms with van der Waals surface area (Å²) in [6, 6.07) is 15.7. The summed E-state index contributed by atoms with van der Waals surface area (Å²) in [6.45, 7) is 0. The molecule has 32 heavy (non-hydrogen) atoms. The second-order valence-corrected chi connectivity index (χ2v) is 9.01. The van der Waals surface area contributed by atoms with E-state index in [4.69, 9.17) is 11.6 Å². The predicted molar refractivity (Wildman–Crippen MR) is 122 cm³/mol. The molecular formula is C23H21ClFN5OS. The average molecular weight is 470 g/mol. The van der Waals surface area contributed by atoms with E-state index in [1.807, 2.05) is 6.07 Å². The van der Waals surface area contributed by atoms with E-state index in [2.05, 4.69) is 21.6 Å². The van der Waals surface area contributed by atoms with Gasteiger partial charge >= 0.3 is 0 Å². The second kappa shape index (κ2) is 9.72. The number of halogens is 2. The van der Waals surface area contributed by atoms with Crippen molar-refractivity contribution in [2.45, 2.75) is 42.8 Å². The fourth-order valence-electron chi connectivity index (χ4n) is 3.88. The first kappa shape index (κ1) is 22.3. The number of carbonyl (C=O) groups is 1. The van der Waals surface area contributed by atoms with Crippen LogP contribution >= 0.6 is 23.4 Å². The van der Waals surface area contributed by atoms with Crippen LogP contribution in [0.5, 0.6) is 0 Å². The van der Waals surface area contributed by atoms with Gasteiger partial charge in [-0.05, 0) is 37.1 Å². The highest BCUT2D eigenvalue weighted by Crippen LogP contribution is 2.33. The van der Waals surface area contributed by atoms with Gasteiger partial charge in [-0.3, -0.25) is 9.36 Å². The first-order valence-corrected chi connectivity index (χ1v) is 11.7. The first-order valence-electron chi connectivity index (χ1n) is 10.3. The van der Waals surface area contributed by atoms with Gasteiger partial charge in [0.1, 0.15) is 11.4 Å². The van der Waals surface area contributed by atoms with Crippen LogP contribution in [-0.2, 0) is 4.79 Å². The number of aromatic nitrogens is 3. The van der Waals surface area contributed by atoms with Crippen LogP contribution in [0.15, 0.2) is 53.7 Å². The molecule has 1 saturated carbocycles. The Morgan fingerprint density at radius 2 is 1.88 bits per heavy atom. The fraction of sp³-hybridized carbons (Fsp3) is 0.304. The number of rotatable bonds is 6. The van der Waals surface area contributed by atoms with Crippen molar-refractivity contribution < 1.29 is 9.18 Å². The van der Waals surface area contributed by atoms with Crippen molar-refractivity contribution in [3.8, 4) is 23.1 Å². The summed E-state index contributed by atoms with van der Waals surface area (Å²) in [5.41, 5.74) is 0.0561. The lowest BCUT2D eigenvalue weighted by Gasteiger charge is -2.31. The third-order valence-corrected chi connectivity index (χ3v) is 6.73. The number of nitriles is 1. The minimum absolute atomic E-state index is 0.0263. The van der Waals surface area contributed by atoms with Gasteiger partial charge in [0.05, 0.1) is 22.5 Å². The molecule has 1 amide bonds. The molecule has 1 fully saturated rings. The van der Waals surface area contributed by atoms with Crippen LogP contribution in [-0.4, -0.2) is 32.0 Å². The number of nitrogens with one attached hydrogen (secondary N) is 1. The van der Waals surface area contributed by atoms with Gasteiger partial charge < -0.3 is 5.32 Å². The van der Waals surface area contributed by atoms with Crippen molar-refractivity contribution in [2.75, 3.05) is 5.75 Å². The number of para-hydroxylation sites is 1. The Morgan fingerprint density at radius 1 is 1.16 bits per heavy atom. The molecule has 1 aromatic heterocycles. The van der Waals surface area contributed by atoms with E-state index < -0.39 is 11.4 Å². The van der Waals surface area contributed by atoms with E-state index in [-0.39, 0.29) is 17.3 Å². The molecule has 2 aromatic carbocycles. The summed E-state index contributed by atoms with van der Waals surface area (Å²) in [5.74, 6) is -0.304. The molecule has 1 heterocycles. The number of amides is 1. The smallest absolute Gasteiger partial charge is 0.231 e. The van der Waals surface area contributed by atoms with Gasteiger partial charge in [0.15, 0.2) is 11.0 Å². The lowest BCUT2D eigenvalue weighted by Crippen LogP contribution is -2.49. The maximum Gasteiger partial charge on any atom is 0.231 e. The van der Waals surface area contributed by atoms with Crippen molar-refractivity contribution in [3.63, 3.8) is 0 Å². The zero-order valence-electron chi connectivity index (χ0n) is 17.2. The number of carbonyl (C=O) groups excluding carboxylic acids is 1. The zero-order valence-corrected chi connectivity index (χ0v) is 18.8. The van der Waals surface area contributed by atoms with Crippen LogP contribution < -0.4 is 5.32 Å². The summed E-state index contributed by atoms with van der Waals surface area (Å²) < 4.78 is 16.3. The monoisotopic (exact) mass is 469 g/mol. The summed E-state index contributed by atoms with van der Waals surface area (Å²) in [5, 5.41) is 21.8. The maximum absolute atomic E-state index is 14.7. The Hall–Kier alpha value is -2.89. The Morgan fingerprint density at radius 3 is 2.59 bits per heavy atom. The third-order valence-electron chi connectivity index (χ3n) is 5.47. The summed E-state index contributed by atoms with van der Waals surface area (Å²) >= 11 is 7.49. The summed E-state index contributed by atoms with van der Waals surface area (Å²) in [7, 11) is 0.